The third-order valence-corrected chi connectivity index (χ3v) is 4.23. The lowest BCUT2D eigenvalue weighted by atomic mass is 10.2. The molecule has 0 saturated heterocycles. The summed E-state index contributed by atoms with van der Waals surface area (Å²) in [5.41, 5.74) is 3.16. The highest BCUT2D eigenvalue weighted by Crippen LogP contribution is 2.24. The van der Waals surface area contributed by atoms with Crippen molar-refractivity contribution < 1.29 is 9.21 Å². The van der Waals surface area contributed by atoms with E-state index in [0.717, 1.165) is 23.9 Å². The van der Waals surface area contributed by atoms with E-state index in [0.29, 0.717) is 29.4 Å². The van der Waals surface area contributed by atoms with Crippen LogP contribution in [0.4, 0.5) is 0 Å². The van der Waals surface area contributed by atoms with Gasteiger partial charge in [-0.1, -0.05) is 43.1 Å². The minimum absolute atomic E-state index is 0.0862. The lowest BCUT2D eigenvalue weighted by Crippen LogP contribution is -2.27. The molecule has 0 unspecified atom stereocenters. The van der Waals surface area contributed by atoms with Crippen LogP contribution in [0.2, 0.25) is 5.02 Å². The molecule has 5 heteroatoms. The monoisotopic (exact) mass is 330 g/mol. The summed E-state index contributed by atoms with van der Waals surface area (Å²) in [5, 5.41) is 3.65. The van der Waals surface area contributed by atoms with Crippen LogP contribution in [0.25, 0.3) is 11.1 Å². The van der Waals surface area contributed by atoms with Crippen molar-refractivity contribution in [1.82, 2.24) is 9.88 Å². The molecular formula is C18H19ClN2O2. The minimum atomic E-state index is -0.0862. The number of unbranched alkanes of at least 4 members (excludes halogenated alkanes) is 1. The van der Waals surface area contributed by atoms with Gasteiger partial charge < -0.3 is 14.3 Å². The van der Waals surface area contributed by atoms with Gasteiger partial charge in [0.15, 0.2) is 5.58 Å². The van der Waals surface area contributed by atoms with E-state index in [9.17, 15) is 4.79 Å². The Morgan fingerprint density at radius 3 is 2.91 bits per heavy atom. The maximum atomic E-state index is 12.5. The van der Waals surface area contributed by atoms with Gasteiger partial charge >= 0.3 is 0 Å². The third-order valence-electron chi connectivity index (χ3n) is 3.86. The zero-order valence-corrected chi connectivity index (χ0v) is 13.8. The first-order chi connectivity index (χ1) is 11.2. The number of fused-ring (bicyclic) bond motifs is 1. The molecule has 0 fully saturated rings. The standard InChI is InChI=1S/C18H19ClN2O2/c1-2-3-9-20-18(22)16-11-17-15(8-10-23-17)21(16)12-13-6-4-5-7-14(13)19/h4-8,10-11H,2-3,9,12H2,1H3,(H,20,22). The van der Waals surface area contributed by atoms with Crippen LogP contribution in [0.1, 0.15) is 35.8 Å². The fourth-order valence-electron chi connectivity index (χ4n) is 2.60. The van der Waals surface area contributed by atoms with E-state index in [1.807, 2.05) is 34.9 Å². The van der Waals surface area contributed by atoms with Gasteiger partial charge in [0, 0.05) is 30.2 Å². The second-order valence-corrected chi connectivity index (χ2v) is 5.89. The maximum Gasteiger partial charge on any atom is 0.268 e. The molecule has 0 aliphatic heterocycles. The van der Waals surface area contributed by atoms with Gasteiger partial charge in [-0.25, -0.2) is 0 Å². The average Bonchev–Trinajstić information content (AvgIpc) is 3.12. The quantitative estimate of drug-likeness (QED) is 0.678. The van der Waals surface area contributed by atoms with Crippen molar-refractivity contribution in [2.24, 2.45) is 0 Å². The van der Waals surface area contributed by atoms with Crippen LogP contribution in [0.15, 0.2) is 47.1 Å². The molecule has 0 spiro atoms. The zero-order valence-electron chi connectivity index (χ0n) is 13.0. The van der Waals surface area contributed by atoms with E-state index >= 15 is 0 Å². The molecule has 0 saturated carbocycles. The fourth-order valence-corrected chi connectivity index (χ4v) is 2.80. The van der Waals surface area contributed by atoms with E-state index in [4.69, 9.17) is 16.0 Å². The van der Waals surface area contributed by atoms with Crippen LogP contribution in [-0.2, 0) is 6.54 Å². The Labute approximate surface area is 140 Å². The van der Waals surface area contributed by atoms with E-state index < -0.39 is 0 Å². The molecule has 0 aliphatic rings. The molecule has 0 atom stereocenters. The zero-order chi connectivity index (χ0) is 16.2. The molecule has 1 aromatic carbocycles. The number of amides is 1. The van der Waals surface area contributed by atoms with Gasteiger partial charge in [0.1, 0.15) is 5.69 Å². The molecule has 2 heterocycles. The molecule has 1 amide bonds. The van der Waals surface area contributed by atoms with E-state index in [2.05, 4.69) is 12.2 Å². The van der Waals surface area contributed by atoms with Gasteiger partial charge in [0.2, 0.25) is 0 Å². The Balaban J connectivity index is 1.94. The number of benzene rings is 1. The largest absolute Gasteiger partial charge is 0.463 e. The predicted molar refractivity (Wildman–Crippen MR) is 92.0 cm³/mol. The smallest absolute Gasteiger partial charge is 0.268 e. The minimum Gasteiger partial charge on any atom is -0.463 e. The molecule has 0 radical (unpaired) electrons. The van der Waals surface area contributed by atoms with E-state index in [1.54, 1.807) is 12.3 Å². The van der Waals surface area contributed by atoms with Crippen LogP contribution >= 0.6 is 11.6 Å². The number of furan rings is 1. The number of carbonyl (C=O) groups excluding carboxylic acids is 1. The second kappa shape index (κ2) is 6.92. The number of carbonyl (C=O) groups is 1. The molecule has 23 heavy (non-hydrogen) atoms. The van der Waals surface area contributed by atoms with Gasteiger partial charge in [-0.3, -0.25) is 4.79 Å². The molecular weight excluding hydrogens is 312 g/mol. The van der Waals surface area contributed by atoms with Crippen molar-refractivity contribution in [2.45, 2.75) is 26.3 Å². The van der Waals surface area contributed by atoms with Gasteiger partial charge in [-0.05, 0) is 18.1 Å². The van der Waals surface area contributed by atoms with Crippen LogP contribution in [-0.4, -0.2) is 17.0 Å². The highest BCUT2D eigenvalue weighted by molar-refractivity contribution is 6.31. The number of nitrogens with zero attached hydrogens (tertiary/aromatic N) is 1. The molecule has 1 N–H and O–H groups in total. The average molecular weight is 331 g/mol. The Hall–Kier alpha value is -2.20. The number of aromatic nitrogens is 1. The van der Waals surface area contributed by atoms with Crippen molar-refractivity contribution in [1.29, 1.82) is 0 Å². The Morgan fingerprint density at radius 1 is 1.30 bits per heavy atom. The number of hydrogen-bond acceptors (Lipinski definition) is 2. The van der Waals surface area contributed by atoms with E-state index in [-0.39, 0.29) is 5.91 Å². The summed E-state index contributed by atoms with van der Waals surface area (Å²) >= 11 is 6.26. The van der Waals surface area contributed by atoms with Crippen molar-refractivity contribution in [3.8, 4) is 0 Å². The maximum absolute atomic E-state index is 12.5. The van der Waals surface area contributed by atoms with Crippen molar-refractivity contribution in [2.75, 3.05) is 6.54 Å². The van der Waals surface area contributed by atoms with Crippen molar-refractivity contribution >= 4 is 28.6 Å². The summed E-state index contributed by atoms with van der Waals surface area (Å²) in [5.74, 6) is -0.0862. The number of halogens is 1. The number of rotatable bonds is 6. The van der Waals surface area contributed by atoms with Crippen LogP contribution in [0.5, 0.6) is 0 Å². The van der Waals surface area contributed by atoms with Gasteiger partial charge in [-0.15, -0.1) is 0 Å². The molecule has 120 valence electrons. The Bertz CT molecular complexity index is 819. The SMILES string of the molecule is CCCCNC(=O)c1cc2occc2n1Cc1ccccc1Cl. The summed E-state index contributed by atoms with van der Waals surface area (Å²) in [6.45, 7) is 3.30. The van der Waals surface area contributed by atoms with Crippen LogP contribution in [0.3, 0.4) is 0 Å². The summed E-state index contributed by atoms with van der Waals surface area (Å²) in [4.78, 5) is 12.5. The summed E-state index contributed by atoms with van der Waals surface area (Å²) in [7, 11) is 0. The van der Waals surface area contributed by atoms with Gasteiger partial charge in [-0.2, -0.15) is 0 Å². The molecule has 0 aliphatic carbocycles. The molecule has 2 aromatic heterocycles. The summed E-state index contributed by atoms with van der Waals surface area (Å²) in [6.07, 6.45) is 3.64. The second-order valence-electron chi connectivity index (χ2n) is 5.49. The first-order valence-corrected chi connectivity index (χ1v) is 8.17. The first kappa shape index (κ1) is 15.7. The van der Waals surface area contributed by atoms with Crippen LogP contribution in [0, 0.1) is 0 Å². The topological polar surface area (TPSA) is 47.2 Å². The Kier molecular flexibility index (Phi) is 4.72. The number of hydrogen-bond donors (Lipinski definition) is 1. The first-order valence-electron chi connectivity index (χ1n) is 7.79. The van der Waals surface area contributed by atoms with E-state index in [1.165, 1.54) is 0 Å². The summed E-state index contributed by atoms with van der Waals surface area (Å²) in [6, 6.07) is 11.3. The number of nitrogens with one attached hydrogen (secondary N) is 1. The fraction of sp³-hybridized carbons (Fsp3) is 0.278. The predicted octanol–water partition coefficient (Wildman–Crippen LogP) is 4.47. The Morgan fingerprint density at radius 2 is 2.13 bits per heavy atom. The highest BCUT2D eigenvalue weighted by atomic mass is 35.5. The summed E-state index contributed by atoms with van der Waals surface area (Å²) < 4.78 is 7.39. The lowest BCUT2D eigenvalue weighted by Gasteiger charge is -2.11. The van der Waals surface area contributed by atoms with Crippen LogP contribution < -0.4 is 5.32 Å². The highest BCUT2D eigenvalue weighted by Gasteiger charge is 2.18. The van der Waals surface area contributed by atoms with Crippen molar-refractivity contribution in [3.63, 3.8) is 0 Å². The normalized spacial score (nSPS) is 11.0. The molecule has 3 aromatic rings. The van der Waals surface area contributed by atoms with Gasteiger partial charge in [0.05, 0.1) is 11.8 Å². The third kappa shape index (κ3) is 3.27. The lowest BCUT2D eigenvalue weighted by molar-refractivity contribution is 0.0944. The molecule has 0 bridgehead atoms. The molecule has 3 rings (SSSR count). The van der Waals surface area contributed by atoms with Gasteiger partial charge in [0.25, 0.3) is 5.91 Å². The molecule has 4 nitrogen and oxygen atoms in total. The van der Waals surface area contributed by atoms with Crippen molar-refractivity contribution in [3.05, 3.63) is 58.9 Å².